The molecule has 0 saturated carbocycles. The number of anilines is 1. The number of urea groups is 1. The Morgan fingerprint density at radius 2 is 2.06 bits per heavy atom. The highest BCUT2D eigenvalue weighted by atomic mass is 127. The van der Waals surface area contributed by atoms with Crippen LogP contribution in [0.3, 0.4) is 0 Å². The number of rotatable bonds is 4. The van der Waals surface area contributed by atoms with Crippen molar-refractivity contribution in [2.45, 2.75) is 25.8 Å². The Morgan fingerprint density at radius 1 is 1.39 bits per heavy atom. The number of hydrogen-bond acceptors (Lipinski definition) is 2. The largest absolute Gasteiger partial charge is 0.481 e. The second-order valence-electron chi connectivity index (χ2n) is 4.54. The molecule has 0 aromatic heterocycles. The maximum Gasteiger partial charge on any atom is 0.319 e. The Bertz CT molecular complexity index is 460. The Balaban J connectivity index is 2.59. The average Bonchev–Trinajstić information content (AvgIpc) is 2.13. The molecule has 18 heavy (non-hydrogen) atoms. The number of hydrogen-bond donors (Lipinski definition) is 3. The van der Waals surface area contributed by atoms with Crippen molar-refractivity contribution in [1.82, 2.24) is 5.32 Å². The number of amides is 2. The number of carboxylic acid groups (broad SMARTS) is 1. The van der Waals surface area contributed by atoms with Gasteiger partial charge in [-0.05, 0) is 54.6 Å². The molecule has 1 aromatic rings. The van der Waals surface area contributed by atoms with Crippen molar-refractivity contribution in [1.29, 1.82) is 0 Å². The van der Waals surface area contributed by atoms with Gasteiger partial charge in [-0.25, -0.2) is 4.79 Å². The topological polar surface area (TPSA) is 78.4 Å². The highest BCUT2D eigenvalue weighted by Gasteiger charge is 2.23. The minimum absolute atomic E-state index is 0.132. The predicted octanol–water partition coefficient (Wildman–Crippen LogP) is 2.67. The second kappa shape index (κ2) is 6.03. The van der Waals surface area contributed by atoms with Gasteiger partial charge in [0.15, 0.2) is 0 Å². The molecule has 2 amide bonds. The number of halogens is 1. The molecular formula is C12H15IN2O3. The number of nitrogens with one attached hydrogen (secondary N) is 2. The van der Waals surface area contributed by atoms with E-state index in [1.807, 2.05) is 18.2 Å². The maximum atomic E-state index is 11.7. The maximum absolute atomic E-state index is 11.7. The molecule has 6 heteroatoms. The van der Waals surface area contributed by atoms with Crippen molar-refractivity contribution in [3.8, 4) is 0 Å². The molecule has 0 spiro atoms. The van der Waals surface area contributed by atoms with E-state index in [1.54, 1.807) is 19.9 Å². The molecule has 3 N–H and O–H groups in total. The Kier molecular flexibility index (Phi) is 4.94. The first-order valence-electron chi connectivity index (χ1n) is 5.35. The number of carbonyl (C=O) groups is 2. The summed E-state index contributed by atoms with van der Waals surface area (Å²) in [6.07, 6.45) is -0.132. The number of carboxylic acids is 1. The molecule has 1 rings (SSSR count). The monoisotopic (exact) mass is 362 g/mol. The summed E-state index contributed by atoms with van der Waals surface area (Å²) in [4.78, 5) is 22.3. The molecule has 0 bridgehead atoms. The molecule has 5 nitrogen and oxygen atoms in total. The van der Waals surface area contributed by atoms with Crippen molar-refractivity contribution in [2.75, 3.05) is 5.32 Å². The summed E-state index contributed by atoms with van der Waals surface area (Å²) in [5, 5.41) is 14.0. The van der Waals surface area contributed by atoms with E-state index in [0.717, 1.165) is 3.57 Å². The van der Waals surface area contributed by atoms with E-state index in [-0.39, 0.29) is 6.42 Å². The van der Waals surface area contributed by atoms with Gasteiger partial charge in [0.1, 0.15) is 0 Å². The summed E-state index contributed by atoms with van der Waals surface area (Å²) in [6.45, 7) is 3.32. The number of aliphatic carboxylic acids is 1. The lowest BCUT2D eigenvalue weighted by Gasteiger charge is -2.24. The van der Waals surface area contributed by atoms with Crippen LogP contribution < -0.4 is 10.6 Å². The highest BCUT2D eigenvalue weighted by molar-refractivity contribution is 14.1. The molecular weight excluding hydrogens is 347 g/mol. The lowest BCUT2D eigenvalue weighted by atomic mass is 10.0. The first-order valence-corrected chi connectivity index (χ1v) is 6.43. The minimum atomic E-state index is -0.949. The summed E-state index contributed by atoms with van der Waals surface area (Å²) in [7, 11) is 0. The third-order valence-electron chi connectivity index (χ3n) is 2.13. The summed E-state index contributed by atoms with van der Waals surface area (Å²) in [5.74, 6) is -0.949. The third-order valence-corrected chi connectivity index (χ3v) is 2.80. The zero-order valence-electron chi connectivity index (χ0n) is 10.2. The van der Waals surface area contributed by atoms with E-state index in [1.165, 1.54) is 0 Å². The molecule has 0 saturated heterocycles. The first-order chi connectivity index (χ1) is 8.28. The van der Waals surface area contributed by atoms with Crippen molar-refractivity contribution in [2.24, 2.45) is 0 Å². The Hall–Kier alpha value is -1.31. The van der Waals surface area contributed by atoms with Gasteiger partial charge in [-0.2, -0.15) is 0 Å². The smallest absolute Gasteiger partial charge is 0.319 e. The normalized spacial score (nSPS) is 10.8. The number of carbonyl (C=O) groups excluding carboxylic acids is 1. The minimum Gasteiger partial charge on any atom is -0.481 e. The highest BCUT2D eigenvalue weighted by Crippen LogP contribution is 2.13. The van der Waals surface area contributed by atoms with E-state index in [4.69, 9.17) is 5.11 Å². The van der Waals surface area contributed by atoms with Crippen LogP contribution in [0.4, 0.5) is 10.5 Å². The molecule has 98 valence electrons. The first kappa shape index (κ1) is 14.7. The lowest BCUT2D eigenvalue weighted by Crippen LogP contribution is -2.46. The second-order valence-corrected chi connectivity index (χ2v) is 5.79. The van der Waals surface area contributed by atoms with Gasteiger partial charge in [0.25, 0.3) is 0 Å². The Morgan fingerprint density at radius 3 is 2.61 bits per heavy atom. The molecule has 0 aliphatic rings. The van der Waals surface area contributed by atoms with Gasteiger partial charge >= 0.3 is 12.0 Å². The molecule has 0 aliphatic carbocycles. The van der Waals surface area contributed by atoms with Gasteiger partial charge in [-0.15, -0.1) is 0 Å². The SMILES string of the molecule is CC(C)(CC(=O)O)NC(=O)Nc1cccc(I)c1. The molecule has 0 radical (unpaired) electrons. The van der Waals surface area contributed by atoms with Crippen LogP contribution in [-0.4, -0.2) is 22.6 Å². The van der Waals surface area contributed by atoms with Crippen molar-refractivity contribution < 1.29 is 14.7 Å². The third kappa shape index (κ3) is 5.35. The van der Waals surface area contributed by atoms with Crippen molar-refractivity contribution in [3.05, 3.63) is 27.8 Å². The fourth-order valence-electron chi connectivity index (χ4n) is 1.46. The standard InChI is InChI=1S/C12H15IN2O3/c1-12(2,7-10(16)17)15-11(18)14-9-5-3-4-8(13)6-9/h3-6H,7H2,1-2H3,(H,16,17)(H2,14,15,18). The summed E-state index contributed by atoms with van der Waals surface area (Å²) < 4.78 is 1.01. The number of benzene rings is 1. The van der Waals surface area contributed by atoms with Crippen LogP contribution in [0.2, 0.25) is 0 Å². The zero-order valence-corrected chi connectivity index (χ0v) is 12.3. The van der Waals surface area contributed by atoms with Gasteiger partial charge in [0, 0.05) is 14.8 Å². The van der Waals surface area contributed by atoms with Crippen LogP contribution in [-0.2, 0) is 4.79 Å². The van der Waals surface area contributed by atoms with Crippen LogP contribution >= 0.6 is 22.6 Å². The molecule has 0 atom stereocenters. The van der Waals surface area contributed by atoms with Gasteiger partial charge in [0.05, 0.1) is 6.42 Å². The molecule has 0 fully saturated rings. The van der Waals surface area contributed by atoms with E-state index in [0.29, 0.717) is 5.69 Å². The quantitative estimate of drug-likeness (QED) is 0.721. The predicted molar refractivity (Wildman–Crippen MR) is 77.6 cm³/mol. The summed E-state index contributed by atoms with van der Waals surface area (Å²) >= 11 is 2.15. The van der Waals surface area contributed by atoms with E-state index >= 15 is 0 Å². The van der Waals surface area contributed by atoms with E-state index < -0.39 is 17.5 Å². The molecule has 1 aromatic carbocycles. The zero-order chi connectivity index (χ0) is 13.8. The molecule has 0 unspecified atom stereocenters. The van der Waals surface area contributed by atoms with Crippen molar-refractivity contribution >= 4 is 40.3 Å². The molecule has 0 heterocycles. The van der Waals surface area contributed by atoms with Gasteiger partial charge < -0.3 is 15.7 Å². The van der Waals surface area contributed by atoms with Crippen LogP contribution in [0, 0.1) is 3.57 Å². The summed E-state index contributed by atoms with van der Waals surface area (Å²) in [5.41, 5.74) is -0.122. The Labute approximate surface area is 119 Å². The van der Waals surface area contributed by atoms with E-state index in [2.05, 4.69) is 33.2 Å². The van der Waals surface area contributed by atoms with Gasteiger partial charge in [-0.1, -0.05) is 6.07 Å². The molecule has 0 aliphatic heterocycles. The van der Waals surface area contributed by atoms with Crippen LogP contribution in [0.15, 0.2) is 24.3 Å². The van der Waals surface area contributed by atoms with E-state index in [9.17, 15) is 9.59 Å². The summed E-state index contributed by atoms with van der Waals surface area (Å²) in [6, 6.07) is 6.93. The fourth-order valence-corrected chi connectivity index (χ4v) is 2.00. The van der Waals surface area contributed by atoms with Crippen molar-refractivity contribution in [3.63, 3.8) is 0 Å². The van der Waals surface area contributed by atoms with Gasteiger partial charge in [-0.3, -0.25) is 4.79 Å². The lowest BCUT2D eigenvalue weighted by molar-refractivity contribution is -0.138. The van der Waals surface area contributed by atoms with Gasteiger partial charge in [0.2, 0.25) is 0 Å². The average molecular weight is 362 g/mol. The van der Waals surface area contributed by atoms with Crippen LogP contribution in [0.5, 0.6) is 0 Å². The van der Waals surface area contributed by atoms with Crippen LogP contribution in [0.1, 0.15) is 20.3 Å². The fraction of sp³-hybridized carbons (Fsp3) is 0.333. The van der Waals surface area contributed by atoms with Crippen LogP contribution in [0.25, 0.3) is 0 Å².